The molecule has 13 amide bonds. The number of alkyl carbamates (subject to hydrolysis) is 1. The summed E-state index contributed by atoms with van der Waals surface area (Å²) >= 11 is 7.91. The van der Waals surface area contributed by atoms with Gasteiger partial charge in [0.15, 0.2) is 5.72 Å². The molecule has 0 saturated carbocycles. The molecule has 19 atom stereocenters. The molecule has 1 aromatic heterocycles. The average Bonchev–Trinajstić information content (AvgIpc) is 1.57. The Balaban J connectivity index is 0.793. The van der Waals surface area contributed by atoms with Crippen molar-refractivity contribution in [3.8, 4) is 11.5 Å². The van der Waals surface area contributed by atoms with Gasteiger partial charge in [-0.25, -0.2) is 9.59 Å². The van der Waals surface area contributed by atoms with E-state index in [9.17, 15) is 73.2 Å². The maximum absolute atomic E-state index is 15.1. The third kappa shape index (κ3) is 27.9. The molecule has 1 unspecified atom stereocenters. The fraction of sp³-hybridized carbons (Fsp3) is 0.522. The fourth-order valence-corrected chi connectivity index (χ4v) is 20.0. The Bertz CT molecular complexity index is 5110. The van der Waals surface area contributed by atoms with Crippen molar-refractivity contribution in [2.24, 2.45) is 17.4 Å². The number of fused-ring (bicyclic) bond motifs is 6. The lowest BCUT2D eigenvalue weighted by Crippen LogP contribution is -2.63. The Kier molecular flexibility index (Phi) is 38.1. The number of phenolic OH excluding ortho intramolecular Hbond substituents is 1. The molecule has 18 N–H and O–H groups in total. The van der Waals surface area contributed by atoms with Gasteiger partial charge in [0.25, 0.3) is 0 Å². The van der Waals surface area contributed by atoms with E-state index in [0.29, 0.717) is 65.4 Å². The molecular weight excluding hydrogens is 1810 g/mol. The van der Waals surface area contributed by atoms with Crippen LogP contribution in [0.3, 0.4) is 0 Å². The summed E-state index contributed by atoms with van der Waals surface area (Å²) in [5, 5.41) is 68.4. The molecule has 6 heterocycles. The van der Waals surface area contributed by atoms with Crippen LogP contribution in [0.4, 0.5) is 10.5 Å². The molecule has 4 fully saturated rings. The molecule has 728 valence electrons. The van der Waals surface area contributed by atoms with E-state index in [1.807, 2.05) is 13.0 Å². The van der Waals surface area contributed by atoms with E-state index in [1.165, 1.54) is 78.3 Å². The number of hydrogen-bond acceptors (Lipinski definition) is 28. The summed E-state index contributed by atoms with van der Waals surface area (Å²) < 4.78 is 29.6. The van der Waals surface area contributed by atoms with Crippen LogP contribution in [-0.2, 0) is 107 Å². The zero-order valence-electron chi connectivity index (χ0n) is 76.4. The van der Waals surface area contributed by atoms with Gasteiger partial charge >= 0.3 is 12.1 Å². The number of aromatic nitrogens is 1. The first-order valence-electron chi connectivity index (χ1n) is 44.4. The van der Waals surface area contributed by atoms with Gasteiger partial charge in [0, 0.05) is 107 Å². The van der Waals surface area contributed by atoms with Crippen LogP contribution in [0.1, 0.15) is 122 Å². The molecular formula is C92H122ClN15O23S3. The summed E-state index contributed by atoms with van der Waals surface area (Å²) in [6.07, 6.45) is -1.63. The number of benzene rings is 4. The van der Waals surface area contributed by atoms with Gasteiger partial charge in [0.1, 0.15) is 88.8 Å². The number of anilines is 1. The molecule has 5 aliphatic rings. The Labute approximate surface area is 793 Å². The first-order chi connectivity index (χ1) is 63.7. The minimum atomic E-state index is -1.95. The van der Waals surface area contributed by atoms with E-state index >= 15 is 14.4 Å². The van der Waals surface area contributed by atoms with Crippen LogP contribution in [0.2, 0.25) is 5.02 Å². The van der Waals surface area contributed by atoms with Crippen LogP contribution in [0.15, 0.2) is 121 Å². The number of nitrogens with two attached hydrogens (primary N) is 2. The minimum absolute atomic E-state index is 0.00586. The Hall–Kier alpha value is -10.9. The fourth-order valence-electron chi connectivity index (χ4n) is 16.2. The SMILES string of the molecule is COc1cc2cc(c1Cl)N(C)C(=O)C[C@H](OC(=O)[C@H](C)N(C)C(=O)CCSC1CC(=O)N(CCCNC(=O)[C@@H](NC(=O)[C@@H]3CSSC[C@H](NC(=O)[C@H](N)Cc4ccccc4)C(=O)N[C@@H](Cc4ccc(O)cc4)C(=O)N[C@H](Cc4c[nH]c5ccccc45)C(=O)N[C@@H](CCCCCN)C(=O)N[C@@H]([C@@H](C)O)C(=O)N3)[C@@H](C)O)C1=O)[C@]1(C)O[C@H]1[C@H](C)[C@@H]1C[C@@](O)(NC(=O)O1)[C@H](OC)/C=C/C=C(\C)C2. The number of aromatic hydroxyl groups is 1. The molecule has 38 nitrogen and oxygen atoms in total. The van der Waals surface area contributed by atoms with Crippen LogP contribution in [0, 0.1) is 5.92 Å². The molecule has 0 radical (unpaired) electrons. The summed E-state index contributed by atoms with van der Waals surface area (Å²) in [4.78, 5) is 208. The Morgan fingerprint density at radius 3 is 2.17 bits per heavy atom. The third-order valence-electron chi connectivity index (χ3n) is 24.4. The summed E-state index contributed by atoms with van der Waals surface area (Å²) in [5.41, 5.74) is 13.2. The number of phenols is 1. The van der Waals surface area contributed by atoms with Gasteiger partial charge < -0.3 is 113 Å². The molecule has 0 spiro atoms. The van der Waals surface area contributed by atoms with Crippen molar-refractivity contribution in [1.82, 2.24) is 62.6 Å². The number of hydrogen-bond donors (Lipinski definition) is 16. The number of methoxy groups -OCH3 is 2. The highest BCUT2D eigenvalue weighted by molar-refractivity contribution is 8.76. The number of thioether (sulfide) groups is 1. The highest BCUT2D eigenvalue weighted by Crippen LogP contribution is 2.50. The zero-order chi connectivity index (χ0) is 97.6. The van der Waals surface area contributed by atoms with E-state index in [2.05, 4.69) is 52.8 Å². The number of H-pyrrole nitrogens is 1. The van der Waals surface area contributed by atoms with Gasteiger partial charge in [-0.3, -0.25) is 67.8 Å². The second-order valence-corrected chi connectivity index (χ2v) is 38.7. The maximum Gasteiger partial charge on any atom is 0.409 e. The van der Waals surface area contributed by atoms with Crippen LogP contribution < -0.4 is 69.0 Å². The first-order valence-corrected chi connectivity index (χ1v) is 48.3. The number of unbranched alkanes of at least 4 members (excludes halogenated alkanes) is 2. The largest absolute Gasteiger partial charge is 0.508 e. The summed E-state index contributed by atoms with van der Waals surface area (Å²) in [7, 11) is 7.49. The summed E-state index contributed by atoms with van der Waals surface area (Å²) in [6.45, 7) is 8.90. The van der Waals surface area contributed by atoms with Crippen molar-refractivity contribution in [1.29, 1.82) is 0 Å². The number of likely N-dealkylation sites (tertiary alicyclic amines) is 1. The van der Waals surface area contributed by atoms with Crippen molar-refractivity contribution in [2.75, 3.05) is 70.1 Å². The predicted molar refractivity (Wildman–Crippen MR) is 502 cm³/mol. The number of rotatable bonds is 31. The normalized spacial score (nSPS) is 26.6. The molecule has 5 aliphatic heterocycles. The molecule has 4 aromatic carbocycles. The molecule has 42 heteroatoms. The van der Waals surface area contributed by atoms with Crippen LogP contribution in [0.5, 0.6) is 11.5 Å². The quantitative estimate of drug-likeness (QED) is 0.00996. The van der Waals surface area contributed by atoms with Gasteiger partial charge in [0.2, 0.25) is 70.9 Å². The highest BCUT2D eigenvalue weighted by Gasteiger charge is 2.65. The number of amides is 13. The number of para-hydroxylation sites is 1. The summed E-state index contributed by atoms with van der Waals surface area (Å²) in [6, 6.07) is 11.5. The third-order valence-corrected chi connectivity index (χ3v) is 28.4. The number of aliphatic hydroxyl groups excluding tert-OH is 2. The van der Waals surface area contributed by atoms with Crippen molar-refractivity contribution >= 4 is 144 Å². The van der Waals surface area contributed by atoms with Crippen molar-refractivity contribution in [3.05, 3.63) is 148 Å². The topological polar surface area (TPSA) is 555 Å². The van der Waals surface area contributed by atoms with E-state index in [0.717, 1.165) is 48.7 Å². The number of ether oxygens (including phenoxy) is 5. The average molecular weight is 1940 g/mol. The van der Waals surface area contributed by atoms with Crippen molar-refractivity contribution < 1.29 is 111 Å². The number of allylic oxidation sites excluding steroid dienone is 3. The van der Waals surface area contributed by atoms with Gasteiger partial charge in [-0.15, -0.1) is 11.8 Å². The van der Waals surface area contributed by atoms with Crippen molar-refractivity contribution in [2.45, 2.75) is 233 Å². The monoisotopic (exact) mass is 1940 g/mol. The van der Waals surface area contributed by atoms with Crippen LogP contribution in [0.25, 0.3) is 10.9 Å². The molecule has 0 aliphatic carbocycles. The van der Waals surface area contributed by atoms with E-state index in [-0.39, 0.29) is 98.2 Å². The van der Waals surface area contributed by atoms with Crippen molar-refractivity contribution in [3.63, 3.8) is 0 Å². The smallest absolute Gasteiger partial charge is 0.409 e. The zero-order valence-corrected chi connectivity index (χ0v) is 79.6. The number of carbonyl (C=O) groups is 14. The second kappa shape index (κ2) is 48.6. The molecule has 4 saturated heterocycles. The molecule has 134 heavy (non-hydrogen) atoms. The molecule has 4 bridgehead atoms. The Morgan fingerprint density at radius 2 is 1.48 bits per heavy atom. The number of aliphatic hydroxyl groups is 3. The first kappa shape index (κ1) is 105. The van der Waals surface area contributed by atoms with E-state index < -0.39 is 209 Å². The lowest BCUT2D eigenvalue weighted by molar-refractivity contribution is -0.162. The molecule has 10 rings (SSSR count). The number of nitrogens with one attached hydrogen (secondary N) is 10. The highest BCUT2D eigenvalue weighted by atomic mass is 35.5. The second-order valence-electron chi connectivity index (χ2n) is 34.4. The summed E-state index contributed by atoms with van der Waals surface area (Å²) in [5.74, 6) is -12.0. The predicted octanol–water partition coefficient (Wildman–Crippen LogP) is 2.58. The lowest BCUT2D eigenvalue weighted by atomic mass is 9.83. The number of nitrogens with zero attached hydrogens (tertiary/aromatic N) is 3. The van der Waals surface area contributed by atoms with Crippen LogP contribution >= 0.6 is 45.0 Å². The number of epoxide rings is 1. The minimum Gasteiger partial charge on any atom is -0.508 e. The van der Waals surface area contributed by atoms with E-state index in [4.69, 9.17) is 46.8 Å². The number of esters is 1. The number of carbonyl (C=O) groups excluding carboxylic acids is 14. The molecule has 5 aromatic rings. The van der Waals surface area contributed by atoms with Gasteiger partial charge in [-0.1, -0.05) is 137 Å². The standard InChI is InChI=1S/C92H122ClN15O23S3/c1-49-21-19-27-71(128-10)92(126)45-69(129-90(125)105-92)50(2)79-91(6,131-79)72(44-74(113)107(8)67-40-56(37-49)41-68(127-9)76(67)93)130-89(124)51(3)106(7)73(112)32-36-132-70-43-75(114)108(88(70)123)35-20-34-96-86(121)77(52(4)109)103-85(120)66-48-134-133-47-65(101-80(115)60(95)38-54-22-13-11-14-23-54)84(119)99-63(39-55-28-30-58(111)31-29-55)82(117)100-64(42-57-46-97-61-25-17-16-24-59(57)61)83(118)98-62(26-15-12-18-33-94)81(116)104-78(53(5)110)87(122)102-66/h11,13-14,16-17,19,21-25,27-31,40-41,46,50-53,60,62-66,69-72,77-79,97,109-111,126H,12,15,18,20,26,32-39,42-45,47-48,94-95H2,1-10H3,(H,96,121)(H,98,118)(H,99,119)(H,100,117)(H,101,115)(H,102,122)(H,103,120)(H,104,116)(H,105,125)/b27-19+,49-21+/t50-,51+,52-,53-,60-,62+,63+,64-,65+,66+,69+,70?,71-,72+,77+,78+,79+,91+,92+/m1/s1. The van der Waals surface area contributed by atoms with E-state index in [1.54, 1.807) is 98.9 Å². The van der Waals surface area contributed by atoms with Gasteiger partial charge in [-0.05, 0) is 126 Å². The Morgan fingerprint density at radius 1 is 0.799 bits per heavy atom. The van der Waals surface area contributed by atoms with Crippen LogP contribution in [-0.4, -0.2) is 291 Å². The maximum atomic E-state index is 15.1. The number of imide groups is 1. The number of halogens is 1. The van der Waals surface area contributed by atoms with Gasteiger partial charge in [-0.2, -0.15) is 0 Å². The number of likely N-dealkylation sites (N-methyl/N-ethyl adjacent to an activating group) is 1. The lowest BCUT2D eigenvalue weighted by Gasteiger charge is -2.42. The number of aromatic amines is 1. The van der Waals surface area contributed by atoms with Gasteiger partial charge in [0.05, 0.1) is 48.8 Å².